The first kappa shape index (κ1) is 17.4. The lowest BCUT2D eigenvalue weighted by Gasteiger charge is -2.15. The van der Waals surface area contributed by atoms with E-state index in [1.54, 1.807) is 0 Å². The summed E-state index contributed by atoms with van der Waals surface area (Å²) in [6, 6.07) is 7.52. The van der Waals surface area contributed by atoms with Gasteiger partial charge < -0.3 is 4.74 Å². The van der Waals surface area contributed by atoms with Gasteiger partial charge in [0, 0.05) is 10.9 Å². The zero-order chi connectivity index (χ0) is 18.0. The average molecular weight is 356 g/mol. The molecule has 0 aliphatic heterocycles. The standard InChI is InChI=1S/C19H20N2O3S/c1-4-12-6-8-13(9-7-12)14-10-25-17-16(14)18(22)21(11-20-17)15(5-2)19(23)24-3/h6-11,15H,4-5H2,1-3H3. The summed E-state index contributed by atoms with van der Waals surface area (Å²) >= 11 is 1.43. The Balaban J connectivity index is 2.17. The van der Waals surface area contributed by atoms with E-state index in [0.717, 1.165) is 17.5 Å². The monoisotopic (exact) mass is 356 g/mol. The summed E-state index contributed by atoms with van der Waals surface area (Å²) in [4.78, 5) is 30.1. The minimum Gasteiger partial charge on any atom is -0.467 e. The lowest BCUT2D eigenvalue weighted by molar-refractivity contribution is -0.144. The fraction of sp³-hybridized carbons (Fsp3) is 0.316. The van der Waals surface area contributed by atoms with Crippen molar-refractivity contribution in [2.75, 3.05) is 7.11 Å². The van der Waals surface area contributed by atoms with E-state index < -0.39 is 12.0 Å². The fourth-order valence-electron chi connectivity index (χ4n) is 2.91. The summed E-state index contributed by atoms with van der Waals surface area (Å²) in [5.41, 5.74) is 2.87. The minimum absolute atomic E-state index is 0.210. The molecule has 3 aromatic rings. The molecule has 0 radical (unpaired) electrons. The van der Waals surface area contributed by atoms with Crippen molar-refractivity contribution in [3.63, 3.8) is 0 Å². The van der Waals surface area contributed by atoms with Crippen LogP contribution in [0.5, 0.6) is 0 Å². The second-order valence-corrected chi connectivity index (χ2v) is 6.64. The number of hydrogen-bond acceptors (Lipinski definition) is 5. The Morgan fingerprint density at radius 1 is 1.28 bits per heavy atom. The van der Waals surface area contributed by atoms with Gasteiger partial charge in [0.1, 0.15) is 10.9 Å². The summed E-state index contributed by atoms with van der Waals surface area (Å²) in [5.74, 6) is -0.435. The molecule has 0 aliphatic carbocycles. The van der Waals surface area contributed by atoms with Crippen molar-refractivity contribution >= 4 is 27.5 Å². The van der Waals surface area contributed by atoms with E-state index in [4.69, 9.17) is 4.74 Å². The number of ether oxygens (including phenoxy) is 1. The number of methoxy groups -OCH3 is 1. The zero-order valence-corrected chi connectivity index (χ0v) is 15.3. The van der Waals surface area contributed by atoms with Crippen LogP contribution in [0.15, 0.2) is 40.8 Å². The van der Waals surface area contributed by atoms with Crippen LogP contribution < -0.4 is 5.56 Å². The van der Waals surface area contributed by atoms with Crippen LogP contribution in [0.4, 0.5) is 0 Å². The number of nitrogens with zero attached hydrogens (tertiary/aromatic N) is 2. The molecule has 2 aromatic heterocycles. The van der Waals surface area contributed by atoms with Gasteiger partial charge in [0.25, 0.3) is 5.56 Å². The van der Waals surface area contributed by atoms with Gasteiger partial charge in [0.05, 0.1) is 18.8 Å². The second kappa shape index (κ2) is 7.19. The Morgan fingerprint density at radius 3 is 2.60 bits per heavy atom. The van der Waals surface area contributed by atoms with Crippen LogP contribution in [0.3, 0.4) is 0 Å². The van der Waals surface area contributed by atoms with Crippen molar-refractivity contribution in [1.82, 2.24) is 9.55 Å². The van der Waals surface area contributed by atoms with Gasteiger partial charge in [-0.25, -0.2) is 9.78 Å². The summed E-state index contributed by atoms with van der Waals surface area (Å²) < 4.78 is 6.20. The molecule has 0 bridgehead atoms. The quantitative estimate of drug-likeness (QED) is 0.652. The predicted octanol–water partition coefficient (Wildman–Crippen LogP) is 3.81. The van der Waals surface area contributed by atoms with Gasteiger partial charge in [-0.1, -0.05) is 38.1 Å². The Bertz CT molecular complexity index is 957. The highest BCUT2D eigenvalue weighted by Crippen LogP contribution is 2.31. The lowest BCUT2D eigenvalue weighted by atomic mass is 10.0. The third kappa shape index (κ3) is 3.09. The van der Waals surface area contributed by atoms with Gasteiger partial charge in [-0.2, -0.15) is 0 Å². The van der Waals surface area contributed by atoms with Crippen LogP contribution in [0.2, 0.25) is 0 Å². The topological polar surface area (TPSA) is 61.2 Å². The fourth-order valence-corrected chi connectivity index (χ4v) is 3.82. The molecule has 0 amide bonds. The molecule has 0 fully saturated rings. The molecule has 1 unspecified atom stereocenters. The number of esters is 1. The number of carbonyl (C=O) groups is 1. The highest BCUT2D eigenvalue weighted by molar-refractivity contribution is 7.17. The van der Waals surface area contributed by atoms with Crippen LogP contribution in [-0.4, -0.2) is 22.6 Å². The van der Waals surface area contributed by atoms with Crippen molar-refractivity contribution in [3.05, 3.63) is 51.9 Å². The van der Waals surface area contributed by atoms with Gasteiger partial charge in [0.15, 0.2) is 0 Å². The Kier molecular flexibility index (Phi) is 4.99. The van der Waals surface area contributed by atoms with Gasteiger partial charge in [0.2, 0.25) is 0 Å². The Hall–Kier alpha value is -2.47. The molecule has 0 aliphatic rings. The number of aryl methyl sites for hydroxylation is 1. The summed E-state index contributed by atoms with van der Waals surface area (Å²) in [6.45, 7) is 3.95. The van der Waals surface area contributed by atoms with Crippen LogP contribution in [0, 0.1) is 0 Å². The molecule has 25 heavy (non-hydrogen) atoms. The molecule has 3 rings (SSSR count). The van der Waals surface area contributed by atoms with Crippen molar-refractivity contribution in [2.24, 2.45) is 0 Å². The SMILES string of the molecule is CCc1ccc(-c2csc3ncn(C(CC)C(=O)OC)c(=O)c23)cc1. The first-order valence-corrected chi connectivity index (χ1v) is 9.14. The minimum atomic E-state index is -0.662. The third-order valence-corrected chi connectivity index (χ3v) is 5.27. The largest absolute Gasteiger partial charge is 0.467 e. The molecular weight excluding hydrogens is 336 g/mol. The number of hydrogen-bond donors (Lipinski definition) is 0. The maximum atomic E-state index is 13.0. The number of thiophene rings is 1. The Labute approximate surface area is 149 Å². The van der Waals surface area contributed by atoms with E-state index in [0.29, 0.717) is 16.6 Å². The first-order chi connectivity index (χ1) is 12.1. The second-order valence-electron chi connectivity index (χ2n) is 5.78. The number of carbonyl (C=O) groups excluding carboxylic acids is 1. The molecule has 0 spiro atoms. The molecule has 0 N–H and O–H groups in total. The van der Waals surface area contributed by atoms with Gasteiger partial charge in [-0.3, -0.25) is 9.36 Å². The number of benzene rings is 1. The molecule has 0 saturated carbocycles. The van der Waals surface area contributed by atoms with Crippen molar-refractivity contribution in [2.45, 2.75) is 32.7 Å². The summed E-state index contributed by atoms with van der Waals surface area (Å²) in [5, 5.41) is 2.50. The smallest absolute Gasteiger partial charge is 0.329 e. The van der Waals surface area contributed by atoms with Crippen molar-refractivity contribution < 1.29 is 9.53 Å². The van der Waals surface area contributed by atoms with Gasteiger partial charge >= 0.3 is 5.97 Å². The molecular formula is C19H20N2O3S. The molecule has 5 nitrogen and oxygen atoms in total. The molecule has 6 heteroatoms. The normalized spacial score (nSPS) is 12.3. The first-order valence-electron chi connectivity index (χ1n) is 8.26. The van der Waals surface area contributed by atoms with E-state index in [2.05, 4.69) is 24.0 Å². The van der Waals surface area contributed by atoms with Crippen molar-refractivity contribution in [1.29, 1.82) is 0 Å². The molecule has 1 aromatic carbocycles. The summed E-state index contributed by atoms with van der Waals surface area (Å²) in [6.07, 6.45) is 2.87. The molecule has 0 saturated heterocycles. The zero-order valence-electron chi connectivity index (χ0n) is 14.5. The van der Waals surface area contributed by atoms with Gasteiger partial charge in [-0.05, 0) is 24.0 Å². The maximum absolute atomic E-state index is 13.0. The molecule has 1 atom stereocenters. The summed E-state index contributed by atoms with van der Waals surface area (Å²) in [7, 11) is 1.33. The van der Waals surface area contributed by atoms with Crippen LogP contribution in [0.25, 0.3) is 21.3 Å². The number of aromatic nitrogens is 2. The highest BCUT2D eigenvalue weighted by atomic mass is 32.1. The lowest BCUT2D eigenvalue weighted by Crippen LogP contribution is -2.30. The predicted molar refractivity (Wildman–Crippen MR) is 100 cm³/mol. The van der Waals surface area contributed by atoms with E-state index >= 15 is 0 Å². The van der Waals surface area contributed by atoms with E-state index in [-0.39, 0.29) is 5.56 Å². The van der Waals surface area contributed by atoms with E-state index in [1.165, 1.54) is 34.9 Å². The van der Waals surface area contributed by atoms with E-state index in [1.807, 2.05) is 24.4 Å². The Morgan fingerprint density at radius 2 is 2.00 bits per heavy atom. The maximum Gasteiger partial charge on any atom is 0.329 e. The van der Waals surface area contributed by atoms with Crippen LogP contribution in [-0.2, 0) is 16.0 Å². The van der Waals surface area contributed by atoms with Crippen LogP contribution >= 0.6 is 11.3 Å². The molecule has 2 heterocycles. The van der Waals surface area contributed by atoms with E-state index in [9.17, 15) is 9.59 Å². The third-order valence-electron chi connectivity index (χ3n) is 4.39. The van der Waals surface area contributed by atoms with Gasteiger partial charge in [-0.15, -0.1) is 11.3 Å². The average Bonchev–Trinajstić information content (AvgIpc) is 3.09. The van der Waals surface area contributed by atoms with Crippen LogP contribution in [0.1, 0.15) is 31.9 Å². The van der Waals surface area contributed by atoms with Crippen molar-refractivity contribution in [3.8, 4) is 11.1 Å². The number of fused-ring (bicyclic) bond motifs is 1. The highest BCUT2D eigenvalue weighted by Gasteiger charge is 2.23. The molecule has 130 valence electrons. The number of rotatable bonds is 5.